The van der Waals surface area contributed by atoms with E-state index < -0.39 is 0 Å². The molecular weight excluding hydrogens is 212 g/mol. The van der Waals surface area contributed by atoms with Gasteiger partial charge in [0.25, 0.3) is 0 Å². The molecule has 0 heterocycles. The molecule has 3 nitrogen and oxygen atoms in total. The fourth-order valence-electron chi connectivity index (χ4n) is 1.53. The predicted molar refractivity (Wildman–Crippen MR) is 68.2 cm³/mol. The summed E-state index contributed by atoms with van der Waals surface area (Å²) in [6.45, 7) is 4.10. The summed E-state index contributed by atoms with van der Waals surface area (Å²) in [7, 11) is 0. The van der Waals surface area contributed by atoms with Gasteiger partial charge in [-0.3, -0.25) is 4.79 Å². The molecule has 0 saturated heterocycles. The number of hydrogen-bond donors (Lipinski definition) is 1. The molecule has 0 saturated carbocycles. The standard InChI is InChI=1S/C14H16N2O/c1-11-6-5-7-13(10-15)14(11)8-3-4-9-16-12(2)17/h3,5-8H,4,9H2,1-2H3,(H,16,17). The molecule has 88 valence electrons. The summed E-state index contributed by atoms with van der Waals surface area (Å²) in [6, 6.07) is 7.84. The summed E-state index contributed by atoms with van der Waals surface area (Å²) in [5, 5.41) is 11.7. The normalized spacial score (nSPS) is 10.2. The van der Waals surface area contributed by atoms with Crippen LogP contribution in [0.2, 0.25) is 0 Å². The average Bonchev–Trinajstić information content (AvgIpc) is 2.30. The van der Waals surface area contributed by atoms with Crippen molar-refractivity contribution >= 4 is 12.0 Å². The van der Waals surface area contributed by atoms with Crippen molar-refractivity contribution < 1.29 is 4.79 Å². The van der Waals surface area contributed by atoms with Gasteiger partial charge in [0, 0.05) is 13.5 Å². The Morgan fingerprint density at radius 1 is 1.53 bits per heavy atom. The monoisotopic (exact) mass is 228 g/mol. The van der Waals surface area contributed by atoms with Gasteiger partial charge in [-0.25, -0.2) is 0 Å². The second-order valence-corrected chi connectivity index (χ2v) is 3.82. The second-order valence-electron chi connectivity index (χ2n) is 3.82. The Labute approximate surface area is 102 Å². The number of hydrogen-bond acceptors (Lipinski definition) is 2. The SMILES string of the molecule is CC(=O)NCCC=Cc1c(C)cccc1C#N. The Kier molecular flexibility index (Phi) is 4.96. The Bertz CT molecular complexity index is 470. The van der Waals surface area contributed by atoms with Crippen molar-refractivity contribution in [3.63, 3.8) is 0 Å². The summed E-state index contributed by atoms with van der Waals surface area (Å²) >= 11 is 0. The third-order valence-electron chi connectivity index (χ3n) is 2.41. The lowest BCUT2D eigenvalue weighted by Crippen LogP contribution is -2.20. The fraction of sp³-hybridized carbons (Fsp3) is 0.286. The van der Waals surface area contributed by atoms with Crippen LogP contribution in [0.1, 0.15) is 30.0 Å². The fourth-order valence-corrected chi connectivity index (χ4v) is 1.53. The van der Waals surface area contributed by atoms with Gasteiger partial charge in [0.05, 0.1) is 11.6 Å². The number of nitrogens with one attached hydrogen (secondary N) is 1. The molecule has 1 N–H and O–H groups in total. The van der Waals surface area contributed by atoms with Crippen molar-refractivity contribution in [1.29, 1.82) is 5.26 Å². The lowest BCUT2D eigenvalue weighted by molar-refractivity contribution is -0.118. The van der Waals surface area contributed by atoms with Crippen LogP contribution in [0, 0.1) is 18.3 Å². The molecule has 1 aromatic rings. The zero-order valence-corrected chi connectivity index (χ0v) is 10.2. The Morgan fingerprint density at radius 3 is 2.94 bits per heavy atom. The van der Waals surface area contributed by atoms with E-state index in [2.05, 4.69) is 11.4 Å². The minimum atomic E-state index is -0.0213. The number of rotatable bonds is 4. The highest BCUT2D eigenvalue weighted by molar-refractivity contribution is 5.72. The molecule has 0 spiro atoms. The summed E-state index contributed by atoms with van der Waals surface area (Å²) in [6.07, 6.45) is 4.67. The molecule has 0 aliphatic heterocycles. The molecule has 0 aliphatic rings. The lowest BCUT2D eigenvalue weighted by atomic mass is 10.0. The highest BCUT2D eigenvalue weighted by Gasteiger charge is 2.00. The molecule has 0 unspecified atom stereocenters. The van der Waals surface area contributed by atoms with Crippen LogP contribution in [-0.4, -0.2) is 12.5 Å². The molecule has 0 atom stereocenters. The van der Waals surface area contributed by atoms with Crippen molar-refractivity contribution in [2.75, 3.05) is 6.54 Å². The Balaban J connectivity index is 2.65. The lowest BCUT2D eigenvalue weighted by Gasteiger charge is -2.02. The summed E-state index contributed by atoms with van der Waals surface area (Å²) in [5.41, 5.74) is 2.72. The second kappa shape index (κ2) is 6.49. The number of benzene rings is 1. The largest absolute Gasteiger partial charge is 0.356 e. The third kappa shape index (κ3) is 4.12. The van der Waals surface area contributed by atoms with Crippen LogP contribution >= 0.6 is 0 Å². The van der Waals surface area contributed by atoms with E-state index in [1.165, 1.54) is 6.92 Å². The van der Waals surface area contributed by atoms with E-state index in [1.54, 1.807) is 6.07 Å². The van der Waals surface area contributed by atoms with Crippen molar-refractivity contribution in [2.24, 2.45) is 0 Å². The van der Waals surface area contributed by atoms with Gasteiger partial charge >= 0.3 is 0 Å². The molecular formula is C14H16N2O. The first-order valence-electron chi connectivity index (χ1n) is 5.56. The molecule has 1 rings (SSSR count). The molecule has 0 fully saturated rings. The van der Waals surface area contributed by atoms with Gasteiger partial charge in [0.15, 0.2) is 0 Å². The molecule has 1 amide bonds. The van der Waals surface area contributed by atoms with Gasteiger partial charge in [-0.2, -0.15) is 5.26 Å². The van der Waals surface area contributed by atoms with Gasteiger partial charge in [-0.1, -0.05) is 24.3 Å². The third-order valence-corrected chi connectivity index (χ3v) is 2.41. The van der Waals surface area contributed by atoms with E-state index in [4.69, 9.17) is 5.26 Å². The number of amides is 1. The van der Waals surface area contributed by atoms with Crippen LogP contribution in [0.4, 0.5) is 0 Å². The van der Waals surface area contributed by atoms with Gasteiger partial charge in [0.2, 0.25) is 5.91 Å². The van der Waals surface area contributed by atoms with Gasteiger partial charge in [-0.15, -0.1) is 0 Å². The maximum Gasteiger partial charge on any atom is 0.216 e. The van der Waals surface area contributed by atoms with Gasteiger partial charge < -0.3 is 5.32 Å². The minimum absolute atomic E-state index is 0.0213. The first-order chi connectivity index (χ1) is 8.15. The van der Waals surface area contributed by atoms with E-state index in [9.17, 15) is 4.79 Å². The highest BCUT2D eigenvalue weighted by atomic mass is 16.1. The van der Waals surface area contributed by atoms with Crippen LogP contribution in [0.15, 0.2) is 24.3 Å². The number of carbonyl (C=O) groups is 1. The Hall–Kier alpha value is -2.08. The molecule has 0 radical (unpaired) electrons. The highest BCUT2D eigenvalue weighted by Crippen LogP contribution is 2.15. The van der Waals surface area contributed by atoms with Crippen LogP contribution in [0.5, 0.6) is 0 Å². The number of carbonyl (C=O) groups excluding carboxylic acids is 1. The average molecular weight is 228 g/mol. The van der Waals surface area contributed by atoms with E-state index in [0.29, 0.717) is 12.1 Å². The first-order valence-corrected chi connectivity index (χ1v) is 5.56. The van der Waals surface area contributed by atoms with E-state index >= 15 is 0 Å². The quantitative estimate of drug-likeness (QED) is 0.804. The zero-order valence-electron chi connectivity index (χ0n) is 10.2. The number of nitriles is 1. The molecule has 1 aromatic carbocycles. The van der Waals surface area contributed by atoms with Crippen LogP contribution in [0.3, 0.4) is 0 Å². The molecule has 3 heteroatoms. The molecule has 0 bridgehead atoms. The topological polar surface area (TPSA) is 52.9 Å². The number of aryl methyl sites for hydroxylation is 1. The minimum Gasteiger partial charge on any atom is -0.356 e. The van der Waals surface area contributed by atoms with E-state index in [0.717, 1.165) is 17.5 Å². The Morgan fingerprint density at radius 2 is 2.29 bits per heavy atom. The van der Waals surface area contributed by atoms with Crippen molar-refractivity contribution in [1.82, 2.24) is 5.32 Å². The summed E-state index contributed by atoms with van der Waals surface area (Å²) < 4.78 is 0. The molecule has 0 aliphatic carbocycles. The van der Waals surface area contributed by atoms with Crippen molar-refractivity contribution in [3.8, 4) is 6.07 Å². The predicted octanol–water partition coefficient (Wildman–Crippen LogP) is 2.41. The smallest absolute Gasteiger partial charge is 0.216 e. The summed E-state index contributed by atoms with van der Waals surface area (Å²) in [4.78, 5) is 10.7. The zero-order chi connectivity index (χ0) is 12.7. The van der Waals surface area contributed by atoms with Gasteiger partial charge in [-0.05, 0) is 30.5 Å². The van der Waals surface area contributed by atoms with Crippen LogP contribution in [-0.2, 0) is 4.79 Å². The maximum atomic E-state index is 10.7. The van der Waals surface area contributed by atoms with E-state index in [1.807, 2.05) is 31.2 Å². The first kappa shape index (κ1) is 13.0. The molecule has 17 heavy (non-hydrogen) atoms. The summed E-state index contributed by atoms with van der Waals surface area (Å²) in [5.74, 6) is -0.0213. The van der Waals surface area contributed by atoms with Crippen LogP contribution in [0.25, 0.3) is 6.08 Å². The number of nitrogens with zero attached hydrogens (tertiary/aromatic N) is 1. The van der Waals surface area contributed by atoms with Crippen molar-refractivity contribution in [3.05, 3.63) is 41.0 Å². The maximum absolute atomic E-state index is 10.7. The van der Waals surface area contributed by atoms with E-state index in [-0.39, 0.29) is 5.91 Å². The van der Waals surface area contributed by atoms with Crippen molar-refractivity contribution in [2.45, 2.75) is 20.3 Å². The van der Waals surface area contributed by atoms with Gasteiger partial charge in [0.1, 0.15) is 0 Å². The van der Waals surface area contributed by atoms with Crippen LogP contribution < -0.4 is 5.32 Å². The molecule has 0 aromatic heterocycles.